The van der Waals surface area contributed by atoms with Gasteiger partial charge < -0.3 is 0 Å². The zero-order chi connectivity index (χ0) is 18.2. The molecule has 1 aliphatic rings. The van der Waals surface area contributed by atoms with Crippen molar-refractivity contribution in [2.75, 3.05) is 0 Å². The number of thiophene rings is 1. The maximum absolute atomic E-state index is 13.1. The van der Waals surface area contributed by atoms with Gasteiger partial charge in [-0.15, -0.1) is 11.3 Å². The number of carbonyl (C=O) groups excluding carboxylic acids is 1. The third kappa shape index (κ3) is 2.93. The summed E-state index contributed by atoms with van der Waals surface area (Å²) in [7, 11) is 0. The lowest BCUT2D eigenvalue weighted by atomic mass is 10.0. The zero-order valence-electron chi connectivity index (χ0n) is 14.4. The maximum Gasteiger partial charge on any atom is 0.234 e. The average molecular weight is 389 g/mol. The number of thioether (sulfide) groups is 1. The largest absolute Gasteiger partial charge is 0.274 e. The van der Waals surface area contributed by atoms with E-state index in [0.29, 0.717) is 6.42 Å². The number of carbonyl (C=O) groups is 1. The SMILES string of the molecule is O=C1CC(c2cccs2)Sc2nc(-c3ccccc3)c(-c3ccccc3)n21. The van der Waals surface area contributed by atoms with E-state index in [9.17, 15) is 4.79 Å². The molecule has 0 saturated carbocycles. The molecule has 5 heteroatoms. The van der Waals surface area contributed by atoms with Gasteiger partial charge in [-0.3, -0.25) is 9.36 Å². The summed E-state index contributed by atoms with van der Waals surface area (Å²) in [6.07, 6.45) is 0.489. The number of rotatable bonds is 3. The fourth-order valence-electron chi connectivity index (χ4n) is 3.42. The molecule has 0 N–H and O–H groups in total. The molecule has 1 atom stereocenters. The van der Waals surface area contributed by atoms with Crippen molar-refractivity contribution in [2.24, 2.45) is 0 Å². The molecule has 2 aromatic carbocycles. The molecule has 1 unspecified atom stereocenters. The first kappa shape index (κ1) is 16.5. The van der Waals surface area contributed by atoms with Crippen LogP contribution in [0.3, 0.4) is 0 Å². The molecular formula is C22H16N2OS2. The monoisotopic (exact) mass is 388 g/mol. The molecular weight excluding hydrogens is 372 g/mol. The van der Waals surface area contributed by atoms with Crippen molar-refractivity contribution in [1.82, 2.24) is 9.55 Å². The minimum atomic E-state index is 0.107. The normalized spacial score (nSPS) is 16.3. The van der Waals surface area contributed by atoms with Crippen molar-refractivity contribution >= 4 is 29.0 Å². The van der Waals surface area contributed by atoms with Gasteiger partial charge in [0.05, 0.1) is 16.6 Å². The van der Waals surface area contributed by atoms with Crippen LogP contribution < -0.4 is 0 Å². The van der Waals surface area contributed by atoms with Gasteiger partial charge in [0.1, 0.15) is 0 Å². The maximum atomic E-state index is 13.1. The number of aromatic nitrogens is 2. The van der Waals surface area contributed by atoms with Crippen molar-refractivity contribution < 1.29 is 4.79 Å². The molecule has 4 aromatic rings. The van der Waals surface area contributed by atoms with Crippen LogP contribution in [0.1, 0.15) is 21.3 Å². The third-order valence-electron chi connectivity index (χ3n) is 4.66. The molecule has 0 bridgehead atoms. The molecule has 0 radical (unpaired) electrons. The quantitative estimate of drug-likeness (QED) is 0.422. The Bertz CT molecular complexity index is 1090. The molecule has 3 heterocycles. The summed E-state index contributed by atoms with van der Waals surface area (Å²) in [6.45, 7) is 0. The summed E-state index contributed by atoms with van der Waals surface area (Å²) in [4.78, 5) is 19.3. The van der Waals surface area contributed by atoms with Crippen molar-refractivity contribution in [3.05, 3.63) is 83.1 Å². The number of benzene rings is 2. The second kappa shape index (κ2) is 6.83. The first-order chi connectivity index (χ1) is 13.3. The van der Waals surface area contributed by atoms with Gasteiger partial charge >= 0.3 is 0 Å². The predicted octanol–water partition coefficient (Wildman–Crippen LogP) is 6.16. The fourth-order valence-corrected chi connectivity index (χ4v) is 5.56. The molecule has 0 amide bonds. The summed E-state index contributed by atoms with van der Waals surface area (Å²) >= 11 is 3.38. The van der Waals surface area contributed by atoms with E-state index in [1.54, 1.807) is 23.1 Å². The fraction of sp³-hybridized carbons (Fsp3) is 0.0909. The second-order valence-electron chi connectivity index (χ2n) is 6.38. The Morgan fingerprint density at radius 1 is 0.889 bits per heavy atom. The molecule has 0 aliphatic carbocycles. The average Bonchev–Trinajstić information content (AvgIpc) is 3.37. The van der Waals surface area contributed by atoms with Crippen LogP contribution in [0.4, 0.5) is 0 Å². The lowest BCUT2D eigenvalue weighted by molar-refractivity contribution is 0.0888. The highest BCUT2D eigenvalue weighted by Gasteiger charge is 2.33. The number of nitrogens with zero attached hydrogens (tertiary/aromatic N) is 2. The third-order valence-corrected chi connectivity index (χ3v) is 6.98. The molecule has 0 saturated heterocycles. The van der Waals surface area contributed by atoms with E-state index in [2.05, 4.69) is 11.4 Å². The minimum Gasteiger partial charge on any atom is -0.274 e. The van der Waals surface area contributed by atoms with E-state index in [4.69, 9.17) is 4.98 Å². The van der Waals surface area contributed by atoms with Crippen molar-refractivity contribution in [2.45, 2.75) is 16.8 Å². The summed E-state index contributed by atoms with van der Waals surface area (Å²) in [6, 6.07) is 24.3. The molecule has 2 aromatic heterocycles. The van der Waals surface area contributed by atoms with Gasteiger partial charge in [-0.2, -0.15) is 0 Å². The first-order valence-corrected chi connectivity index (χ1v) is 10.5. The number of fused-ring (bicyclic) bond motifs is 1. The molecule has 27 heavy (non-hydrogen) atoms. The molecule has 0 spiro atoms. The van der Waals surface area contributed by atoms with Gasteiger partial charge in [0.15, 0.2) is 5.16 Å². The van der Waals surface area contributed by atoms with Crippen LogP contribution in [0.2, 0.25) is 0 Å². The van der Waals surface area contributed by atoms with Crippen molar-refractivity contribution in [1.29, 1.82) is 0 Å². The summed E-state index contributed by atoms with van der Waals surface area (Å²) in [5.41, 5.74) is 3.79. The highest BCUT2D eigenvalue weighted by molar-refractivity contribution is 7.99. The lowest BCUT2D eigenvalue weighted by Gasteiger charge is -2.21. The number of imidazole rings is 1. The Morgan fingerprint density at radius 2 is 1.59 bits per heavy atom. The van der Waals surface area contributed by atoms with Gasteiger partial charge in [0, 0.05) is 22.4 Å². The molecule has 1 aliphatic heterocycles. The van der Waals surface area contributed by atoms with E-state index in [-0.39, 0.29) is 11.2 Å². The summed E-state index contributed by atoms with van der Waals surface area (Å²) in [5.74, 6) is 0.107. The first-order valence-electron chi connectivity index (χ1n) is 8.78. The summed E-state index contributed by atoms with van der Waals surface area (Å²) < 4.78 is 1.81. The van der Waals surface area contributed by atoms with Gasteiger partial charge in [-0.05, 0) is 11.4 Å². The number of hydrogen-bond acceptors (Lipinski definition) is 4. The van der Waals surface area contributed by atoms with E-state index in [1.807, 2.05) is 71.3 Å². The predicted molar refractivity (Wildman–Crippen MR) is 111 cm³/mol. The Morgan fingerprint density at radius 3 is 2.26 bits per heavy atom. The van der Waals surface area contributed by atoms with Crippen molar-refractivity contribution in [3.63, 3.8) is 0 Å². The Labute approximate surface area is 165 Å². The van der Waals surface area contributed by atoms with E-state index < -0.39 is 0 Å². The smallest absolute Gasteiger partial charge is 0.234 e. The van der Waals surface area contributed by atoms with Crippen LogP contribution in [-0.2, 0) is 0 Å². The Hall–Kier alpha value is -2.63. The topological polar surface area (TPSA) is 34.9 Å². The van der Waals surface area contributed by atoms with Crippen LogP contribution in [0.5, 0.6) is 0 Å². The van der Waals surface area contributed by atoms with E-state index in [1.165, 1.54) is 4.88 Å². The molecule has 3 nitrogen and oxygen atoms in total. The highest BCUT2D eigenvalue weighted by atomic mass is 32.2. The highest BCUT2D eigenvalue weighted by Crippen LogP contribution is 2.46. The van der Waals surface area contributed by atoms with Crippen LogP contribution >= 0.6 is 23.1 Å². The van der Waals surface area contributed by atoms with Crippen LogP contribution in [0, 0.1) is 0 Å². The zero-order valence-corrected chi connectivity index (χ0v) is 16.0. The second-order valence-corrected chi connectivity index (χ2v) is 8.53. The van der Waals surface area contributed by atoms with Crippen LogP contribution in [0.25, 0.3) is 22.5 Å². The van der Waals surface area contributed by atoms with Gasteiger partial charge in [-0.25, -0.2) is 4.98 Å². The van der Waals surface area contributed by atoms with Crippen LogP contribution in [-0.4, -0.2) is 15.5 Å². The lowest BCUT2D eigenvalue weighted by Crippen LogP contribution is -2.20. The van der Waals surface area contributed by atoms with Gasteiger partial charge in [0.25, 0.3) is 0 Å². The van der Waals surface area contributed by atoms with Gasteiger partial charge in [-0.1, -0.05) is 78.5 Å². The van der Waals surface area contributed by atoms with Crippen LogP contribution in [0.15, 0.2) is 83.3 Å². The Kier molecular flexibility index (Phi) is 4.19. The van der Waals surface area contributed by atoms with E-state index >= 15 is 0 Å². The summed E-state index contributed by atoms with van der Waals surface area (Å²) in [5, 5.41) is 2.98. The van der Waals surface area contributed by atoms with E-state index in [0.717, 1.165) is 27.7 Å². The minimum absolute atomic E-state index is 0.107. The molecule has 132 valence electrons. The van der Waals surface area contributed by atoms with Crippen molar-refractivity contribution in [3.8, 4) is 22.5 Å². The molecule has 5 rings (SSSR count). The van der Waals surface area contributed by atoms with Gasteiger partial charge in [0.2, 0.25) is 5.91 Å². The Balaban J connectivity index is 1.70. The molecule has 0 fully saturated rings. The standard InChI is InChI=1S/C22H16N2OS2/c25-19-14-18(17-12-7-13-26-17)27-22-23-20(15-8-3-1-4-9-15)21(24(19)22)16-10-5-2-6-11-16/h1-13,18H,14H2. The number of hydrogen-bond donors (Lipinski definition) is 0.